The summed E-state index contributed by atoms with van der Waals surface area (Å²) in [7, 11) is 0. The molecule has 2 fully saturated rings. The molecule has 0 radical (unpaired) electrons. The lowest BCUT2D eigenvalue weighted by Gasteiger charge is -2.34. The van der Waals surface area contributed by atoms with Crippen molar-refractivity contribution in [1.82, 2.24) is 14.7 Å². The number of benzene rings is 1. The normalized spacial score (nSPS) is 21.0. The van der Waals surface area contributed by atoms with Gasteiger partial charge in [-0.25, -0.2) is 4.68 Å². The summed E-state index contributed by atoms with van der Waals surface area (Å²) in [6.45, 7) is 6.86. The minimum absolute atomic E-state index is 0.148. The number of carbonyl (C=O) groups excluding carboxylic acids is 1. The Morgan fingerprint density at radius 1 is 1.19 bits per heavy atom. The molecule has 1 unspecified atom stereocenters. The second kappa shape index (κ2) is 7.82. The van der Waals surface area contributed by atoms with Gasteiger partial charge < -0.3 is 14.4 Å². The van der Waals surface area contributed by atoms with E-state index in [1.807, 2.05) is 53.8 Å². The summed E-state index contributed by atoms with van der Waals surface area (Å²) in [6.07, 6.45) is 2.30. The zero-order valence-corrected chi connectivity index (χ0v) is 16.1. The molecular weight excluding hydrogens is 342 g/mol. The molecule has 1 aromatic carbocycles. The van der Waals surface area contributed by atoms with Crippen LogP contribution in [0, 0.1) is 19.8 Å². The third-order valence-electron chi connectivity index (χ3n) is 5.61. The maximum atomic E-state index is 13.0. The van der Waals surface area contributed by atoms with Crippen molar-refractivity contribution in [2.45, 2.75) is 39.4 Å². The van der Waals surface area contributed by atoms with Gasteiger partial charge in [-0.05, 0) is 38.8 Å². The van der Waals surface area contributed by atoms with Crippen LogP contribution in [0.3, 0.4) is 0 Å². The zero-order valence-electron chi connectivity index (χ0n) is 16.1. The topological polar surface area (TPSA) is 56.6 Å². The number of rotatable bonds is 4. The molecule has 1 amide bonds. The number of ether oxygens (including phenoxy) is 2. The first-order chi connectivity index (χ1) is 13.1. The van der Waals surface area contributed by atoms with Crippen LogP contribution in [0.4, 0.5) is 0 Å². The summed E-state index contributed by atoms with van der Waals surface area (Å²) in [5, 5.41) is 4.66. The fraction of sp³-hybridized carbons (Fsp3) is 0.524. The van der Waals surface area contributed by atoms with E-state index >= 15 is 0 Å². The highest BCUT2D eigenvalue weighted by Crippen LogP contribution is 2.26. The molecule has 6 nitrogen and oxygen atoms in total. The summed E-state index contributed by atoms with van der Waals surface area (Å²) >= 11 is 0. The van der Waals surface area contributed by atoms with E-state index in [2.05, 4.69) is 5.10 Å². The number of likely N-dealkylation sites (tertiary alicyclic amines) is 1. The van der Waals surface area contributed by atoms with Crippen LogP contribution >= 0.6 is 0 Å². The van der Waals surface area contributed by atoms with Gasteiger partial charge in [-0.3, -0.25) is 4.79 Å². The molecule has 2 saturated heterocycles. The molecule has 0 N–H and O–H groups in total. The first-order valence-electron chi connectivity index (χ1n) is 9.75. The second-order valence-electron chi connectivity index (χ2n) is 7.43. The fourth-order valence-corrected chi connectivity index (χ4v) is 4.12. The van der Waals surface area contributed by atoms with Crippen LogP contribution in [0.1, 0.15) is 29.8 Å². The summed E-state index contributed by atoms with van der Waals surface area (Å²) in [5.74, 6) is 0.441. The quantitative estimate of drug-likeness (QED) is 0.831. The lowest BCUT2D eigenvalue weighted by Crippen LogP contribution is -2.44. The lowest BCUT2D eigenvalue weighted by molar-refractivity contribution is -0.138. The predicted octanol–water partition coefficient (Wildman–Crippen LogP) is 2.64. The average Bonchev–Trinajstić information content (AvgIpc) is 3.33. The van der Waals surface area contributed by atoms with Gasteiger partial charge in [0, 0.05) is 30.3 Å². The molecule has 144 valence electrons. The minimum Gasteiger partial charge on any atom is -0.350 e. The van der Waals surface area contributed by atoms with E-state index in [4.69, 9.17) is 9.47 Å². The van der Waals surface area contributed by atoms with Crippen molar-refractivity contribution >= 4 is 5.91 Å². The highest BCUT2D eigenvalue weighted by Gasteiger charge is 2.33. The van der Waals surface area contributed by atoms with Crippen molar-refractivity contribution in [2.24, 2.45) is 5.92 Å². The number of piperidine rings is 1. The molecule has 0 aliphatic carbocycles. The van der Waals surface area contributed by atoms with Crippen LogP contribution in [0.5, 0.6) is 0 Å². The lowest BCUT2D eigenvalue weighted by atomic mass is 9.96. The molecule has 0 saturated carbocycles. The molecular formula is C21H27N3O3. The first-order valence-corrected chi connectivity index (χ1v) is 9.75. The van der Waals surface area contributed by atoms with Gasteiger partial charge in [-0.1, -0.05) is 18.2 Å². The van der Waals surface area contributed by atoms with Crippen molar-refractivity contribution < 1.29 is 14.3 Å². The van der Waals surface area contributed by atoms with Crippen LogP contribution in [-0.4, -0.2) is 53.2 Å². The van der Waals surface area contributed by atoms with Gasteiger partial charge in [-0.2, -0.15) is 5.10 Å². The number of amides is 1. The molecule has 2 aromatic rings. The van der Waals surface area contributed by atoms with Crippen LogP contribution in [0.2, 0.25) is 0 Å². The monoisotopic (exact) mass is 369 g/mol. The van der Waals surface area contributed by atoms with Crippen molar-refractivity contribution in [3.8, 4) is 5.69 Å². The molecule has 4 rings (SSSR count). The Bertz CT molecular complexity index is 797. The van der Waals surface area contributed by atoms with Crippen LogP contribution in [0.25, 0.3) is 5.69 Å². The molecule has 27 heavy (non-hydrogen) atoms. The Balaban J connectivity index is 1.47. The van der Waals surface area contributed by atoms with E-state index in [1.165, 1.54) is 0 Å². The molecule has 0 spiro atoms. The second-order valence-corrected chi connectivity index (χ2v) is 7.43. The molecule has 1 atom stereocenters. The van der Waals surface area contributed by atoms with Crippen molar-refractivity contribution in [3.05, 3.63) is 47.3 Å². The van der Waals surface area contributed by atoms with Gasteiger partial charge in [0.05, 0.1) is 31.0 Å². The summed E-state index contributed by atoms with van der Waals surface area (Å²) in [4.78, 5) is 15.0. The summed E-state index contributed by atoms with van der Waals surface area (Å²) < 4.78 is 13.2. The fourth-order valence-electron chi connectivity index (χ4n) is 4.12. The third-order valence-corrected chi connectivity index (χ3v) is 5.61. The van der Waals surface area contributed by atoms with Gasteiger partial charge in [0.25, 0.3) is 0 Å². The van der Waals surface area contributed by atoms with Crippen LogP contribution < -0.4 is 0 Å². The van der Waals surface area contributed by atoms with E-state index in [9.17, 15) is 4.79 Å². The summed E-state index contributed by atoms with van der Waals surface area (Å²) in [6, 6.07) is 10.0. The number of carbonyl (C=O) groups is 1. The number of para-hydroxylation sites is 1. The number of hydrogen-bond donors (Lipinski definition) is 0. The SMILES string of the molecule is Cc1nn(-c2ccccc2)c(C)c1CC(=O)N1CCCC(C2OCCO2)C1. The standard InChI is InChI=1S/C21H27N3O3/c1-15-19(16(2)24(22-15)18-8-4-3-5-9-18)13-20(25)23-10-6-7-17(14-23)21-26-11-12-27-21/h3-5,8-9,17,21H,6-7,10-14H2,1-2H3. The van der Waals surface area contributed by atoms with E-state index < -0.39 is 0 Å². The molecule has 2 aliphatic rings. The smallest absolute Gasteiger partial charge is 0.227 e. The number of aromatic nitrogens is 2. The van der Waals surface area contributed by atoms with Crippen molar-refractivity contribution in [1.29, 1.82) is 0 Å². The van der Waals surface area contributed by atoms with Crippen molar-refractivity contribution in [3.63, 3.8) is 0 Å². The largest absolute Gasteiger partial charge is 0.350 e. The molecule has 6 heteroatoms. The van der Waals surface area contributed by atoms with Gasteiger partial charge in [0.15, 0.2) is 6.29 Å². The highest BCUT2D eigenvalue weighted by molar-refractivity contribution is 5.79. The number of aryl methyl sites for hydroxylation is 1. The summed E-state index contributed by atoms with van der Waals surface area (Å²) in [5.41, 5.74) is 3.99. The zero-order chi connectivity index (χ0) is 18.8. The molecule has 1 aromatic heterocycles. The Hall–Kier alpha value is -2.18. The van der Waals surface area contributed by atoms with E-state index in [-0.39, 0.29) is 18.1 Å². The van der Waals surface area contributed by atoms with Gasteiger partial charge >= 0.3 is 0 Å². The van der Waals surface area contributed by atoms with E-state index in [0.717, 1.165) is 42.0 Å². The molecule has 2 aliphatic heterocycles. The maximum Gasteiger partial charge on any atom is 0.227 e. The number of hydrogen-bond acceptors (Lipinski definition) is 4. The molecule has 0 bridgehead atoms. The Kier molecular flexibility index (Phi) is 5.27. The van der Waals surface area contributed by atoms with Gasteiger partial charge in [0.1, 0.15) is 0 Å². The Morgan fingerprint density at radius 2 is 1.93 bits per heavy atom. The van der Waals surface area contributed by atoms with Gasteiger partial charge in [-0.15, -0.1) is 0 Å². The maximum absolute atomic E-state index is 13.0. The van der Waals surface area contributed by atoms with E-state index in [0.29, 0.717) is 26.2 Å². The van der Waals surface area contributed by atoms with Gasteiger partial charge in [0.2, 0.25) is 5.91 Å². The highest BCUT2D eigenvalue weighted by atomic mass is 16.7. The third kappa shape index (κ3) is 3.77. The van der Waals surface area contributed by atoms with Crippen LogP contribution in [0.15, 0.2) is 30.3 Å². The Morgan fingerprint density at radius 3 is 2.67 bits per heavy atom. The van der Waals surface area contributed by atoms with E-state index in [1.54, 1.807) is 0 Å². The Labute approximate surface area is 160 Å². The van der Waals surface area contributed by atoms with Crippen molar-refractivity contribution in [2.75, 3.05) is 26.3 Å². The predicted molar refractivity (Wildman–Crippen MR) is 102 cm³/mol. The molecule has 3 heterocycles. The number of nitrogens with zero attached hydrogens (tertiary/aromatic N) is 3. The first kappa shape index (κ1) is 18.2. The minimum atomic E-state index is -0.148. The van der Waals surface area contributed by atoms with Crippen LogP contribution in [-0.2, 0) is 20.7 Å². The average molecular weight is 369 g/mol.